The molecule has 1 heterocycles. The molecule has 0 saturated carbocycles. The topological polar surface area (TPSA) is 45.1 Å². The van der Waals surface area contributed by atoms with Crippen LogP contribution in [0.3, 0.4) is 0 Å². The number of aliphatic hydroxyl groups is 1. The van der Waals surface area contributed by atoms with Gasteiger partial charge in [0.2, 0.25) is 0 Å². The summed E-state index contributed by atoms with van der Waals surface area (Å²) in [5.74, 6) is -0.143. The summed E-state index contributed by atoms with van der Waals surface area (Å²) in [4.78, 5) is 3.85. The number of anilines is 1. The Morgan fingerprint density at radius 3 is 2.86 bits per heavy atom. The van der Waals surface area contributed by atoms with Gasteiger partial charge in [-0.2, -0.15) is 0 Å². The van der Waals surface area contributed by atoms with Gasteiger partial charge < -0.3 is 10.4 Å². The van der Waals surface area contributed by atoms with Crippen LogP contribution in [0.4, 0.5) is 10.2 Å². The van der Waals surface area contributed by atoms with Crippen molar-refractivity contribution < 1.29 is 9.50 Å². The van der Waals surface area contributed by atoms with E-state index in [4.69, 9.17) is 5.11 Å². The Bertz CT molecular complexity index is 302. The average molecular weight is 198 g/mol. The second-order valence-corrected chi connectivity index (χ2v) is 4.01. The molecule has 0 saturated heterocycles. The number of hydrogen-bond acceptors (Lipinski definition) is 3. The van der Waals surface area contributed by atoms with Crippen LogP contribution >= 0.6 is 0 Å². The van der Waals surface area contributed by atoms with Gasteiger partial charge in [0.1, 0.15) is 0 Å². The number of aromatic nitrogens is 1. The third-order valence-electron chi connectivity index (χ3n) is 1.92. The molecule has 0 fully saturated rings. The molecule has 4 heteroatoms. The van der Waals surface area contributed by atoms with Crippen LogP contribution in [0.2, 0.25) is 0 Å². The van der Waals surface area contributed by atoms with E-state index in [1.54, 1.807) is 0 Å². The largest absolute Gasteiger partial charge is 0.396 e. The lowest BCUT2D eigenvalue weighted by atomic mass is 9.95. The summed E-state index contributed by atoms with van der Waals surface area (Å²) in [5.41, 5.74) is -0.274. The molecule has 0 spiro atoms. The first kappa shape index (κ1) is 10.9. The maximum absolute atomic E-state index is 13.1. The molecule has 1 aromatic heterocycles. The molecule has 0 radical (unpaired) electrons. The fourth-order valence-corrected chi connectivity index (χ4v) is 0.895. The Labute approximate surface area is 83.0 Å². The Morgan fingerprint density at radius 2 is 2.29 bits per heavy atom. The lowest BCUT2D eigenvalue weighted by molar-refractivity contribution is 0.170. The van der Waals surface area contributed by atoms with E-state index in [1.807, 2.05) is 13.8 Å². The quantitative estimate of drug-likeness (QED) is 0.773. The van der Waals surface area contributed by atoms with E-state index in [0.717, 1.165) is 0 Å². The summed E-state index contributed by atoms with van der Waals surface area (Å²) in [6, 6.07) is 2.89. The minimum absolute atomic E-state index is 0.0501. The zero-order valence-electron chi connectivity index (χ0n) is 8.42. The van der Waals surface area contributed by atoms with Gasteiger partial charge >= 0.3 is 0 Å². The summed E-state index contributed by atoms with van der Waals surface area (Å²) in [6.07, 6.45) is 1.53. The predicted octanol–water partition coefficient (Wildman–Crippen LogP) is 1.65. The summed E-state index contributed by atoms with van der Waals surface area (Å²) in [6.45, 7) is 4.31. The molecular weight excluding hydrogens is 183 g/mol. The van der Waals surface area contributed by atoms with Crippen molar-refractivity contribution in [2.24, 2.45) is 5.41 Å². The molecule has 0 atom stereocenters. The van der Waals surface area contributed by atoms with Crippen LogP contribution in [0.1, 0.15) is 13.8 Å². The molecule has 0 amide bonds. The Kier molecular flexibility index (Phi) is 3.41. The minimum Gasteiger partial charge on any atom is -0.396 e. The molecule has 2 N–H and O–H groups in total. The number of rotatable bonds is 4. The zero-order chi connectivity index (χ0) is 10.6. The second kappa shape index (κ2) is 4.37. The number of pyridine rings is 1. The highest BCUT2D eigenvalue weighted by atomic mass is 19.1. The van der Waals surface area contributed by atoms with Gasteiger partial charge in [0.15, 0.2) is 11.6 Å². The van der Waals surface area contributed by atoms with Gasteiger partial charge in [0.05, 0.1) is 0 Å². The van der Waals surface area contributed by atoms with E-state index in [0.29, 0.717) is 6.54 Å². The third kappa shape index (κ3) is 2.96. The SMILES string of the molecule is CC(C)(CO)CNc1ncccc1F. The lowest BCUT2D eigenvalue weighted by Crippen LogP contribution is -2.27. The summed E-state index contributed by atoms with van der Waals surface area (Å²) in [5, 5.41) is 11.8. The fraction of sp³-hybridized carbons (Fsp3) is 0.500. The van der Waals surface area contributed by atoms with Gasteiger partial charge in [-0.3, -0.25) is 0 Å². The molecule has 1 aromatic rings. The van der Waals surface area contributed by atoms with E-state index < -0.39 is 0 Å². The molecule has 0 bridgehead atoms. The monoisotopic (exact) mass is 198 g/mol. The normalized spacial score (nSPS) is 11.4. The standard InChI is InChI=1S/C10H15FN2O/c1-10(2,7-14)6-13-9-8(11)4-3-5-12-9/h3-5,14H,6-7H2,1-2H3,(H,12,13). The Morgan fingerprint density at radius 1 is 1.57 bits per heavy atom. The smallest absolute Gasteiger partial charge is 0.165 e. The third-order valence-corrected chi connectivity index (χ3v) is 1.92. The fourth-order valence-electron chi connectivity index (χ4n) is 0.895. The zero-order valence-corrected chi connectivity index (χ0v) is 8.42. The molecule has 78 valence electrons. The number of halogens is 1. The van der Waals surface area contributed by atoms with Gasteiger partial charge in [-0.05, 0) is 12.1 Å². The molecule has 0 aliphatic heterocycles. The van der Waals surface area contributed by atoms with E-state index in [9.17, 15) is 4.39 Å². The molecular formula is C10H15FN2O. The van der Waals surface area contributed by atoms with Crippen molar-refractivity contribution in [2.75, 3.05) is 18.5 Å². The van der Waals surface area contributed by atoms with Crippen LogP contribution in [0.15, 0.2) is 18.3 Å². The molecule has 0 unspecified atom stereocenters. The molecule has 0 aliphatic carbocycles. The van der Waals surface area contributed by atoms with Crippen molar-refractivity contribution in [3.63, 3.8) is 0 Å². The van der Waals surface area contributed by atoms with Crippen molar-refractivity contribution in [3.05, 3.63) is 24.1 Å². The van der Waals surface area contributed by atoms with Crippen LogP contribution in [0.5, 0.6) is 0 Å². The van der Waals surface area contributed by atoms with Crippen molar-refractivity contribution in [2.45, 2.75) is 13.8 Å². The Balaban J connectivity index is 2.58. The molecule has 0 aromatic carbocycles. The summed E-state index contributed by atoms with van der Waals surface area (Å²) < 4.78 is 13.1. The van der Waals surface area contributed by atoms with Crippen LogP contribution < -0.4 is 5.32 Å². The number of aliphatic hydroxyl groups excluding tert-OH is 1. The maximum Gasteiger partial charge on any atom is 0.165 e. The first-order valence-electron chi connectivity index (χ1n) is 4.50. The summed E-state index contributed by atoms with van der Waals surface area (Å²) >= 11 is 0. The van der Waals surface area contributed by atoms with Crippen LogP contribution in [0, 0.1) is 11.2 Å². The first-order valence-corrected chi connectivity index (χ1v) is 4.50. The van der Waals surface area contributed by atoms with Gasteiger partial charge in [-0.1, -0.05) is 13.8 Å². The molecule has 14 heavy (non-hydrogen) atoms. The van der Waals surface area contributed by atoms with E-state index in [-0.39, 0.29) is 23.7 Å². The highest BCUT2D eigenvalue weighted by Crippen LogP contribution is 2.16. The van der Waals surface area contributed by atoms with Crippen molar-refractivity contribution in [1.29, 1.82) is 0 Å². The second-order valence-electron chi connectivity index (χ2n) is 4.01. The van der Waals surface area contributed by atoms with Crippen LogP contribution in [0.25, 0.3) is 0 Å². The lowest BCUT2D eigenvalue weighted by Gasteiger charge is -2.22. The highest BCUT2D eigenvalue weighted by molar-refractivity contribution is 5.35. The Hall–Kier alpha value is -1.16. The average Bonchev–Trinajstić information content (AvgIpc) is 2.17. The molecule has 1 rings (SSSR count). The van der Waals surface area contributed by atoms with Crippen molar-refractivity contribution in [1.82, 2.24) is 4.98 Å². The highest BCUT2D eigenvalue weighted by Gasteiger charge is 2.16. The molecule has 0 aliphatic rings. The van der Waals surface area contributed by atoms with Crippen molar-refractivity contribution in [3.8, 4) is 0 Å². The van der Waals surface area contributed by atoms with E-state index >= 15 is 0 Å². The van der Waals surface area contributed by atoms with Gasteiger partial charge in [0.25, 0.3) is 0 Å². The minimum atomic E-state index is -0.374. The summed E-state index contributed by atoms with van der Waals surface area (Å²) in [7, 11) is 0. The maximum atomic E-state index is 13.1. The van der Waals surface area contributed by atoms with E-state index in [2.05, 4.69) is 10.3 Å². The first-order chi connectivity index (χ1) is 6.55. The van der Waals surface area contributed by atoms with E-state index in [1.165, 1.54) is 18.3 Å². The van der Waals surface area contributed by atoms with Gasteiger partial charge in [-0.25, -0.2) is 9.37 Å². The number of nitrogens with one attached hydrogen (secondary N) is 1. The van der Waals surface area contributed by atoms with Gasteiger partial charge in [-0.15, -0.1) is 0 Å². The van der Waals surface area contributed by atoms with Crippen molar-refractivity contribution >= 4 is 5.82 Å². The predicted molar refractivity (Wildman–Crippen MR) is 53.6 cm³/mol. The molecule has 3 nitrogen and oxygen atoms in total. The van der Waals surface area contributed by atoms with Crippen LogP contribution in [-0.2, 0) is 0 Å². The van der Waals surface area contributed by atoms with Gasteiger partial charge in [0, 0.05) is 24.8 Å². The number of nitrogens with zero attached hydrogens (tertiary/aromatic N) is 1. The van der Waals surface area contributed by atoms with Crippen LogP contribution in [-0.4, -0.2) is 23.2 Å². The number of hydrogen-bond donors (Lipinski definition) is 2.